The molecule has 2 aromatic rings. The van der Waals surface area contributed by atoms with Gasteiger partial charge in [-0.25, -0.2) is 4.98 Å². The van der Waals surface area contributed by atoms with E-state index in [0.717, 1.165) is 16.9 Å². The van der Waals surface area contributed by atoms with Gasteiger partial charge in [-0.3, -0.25) is 4.40 Å². The lowest BCUT2D eigenvalue weighted by Gasteiger charge is -2.15. The van der Waals surface area contributed by atoms with Crippen LogP contribution in [0.25, 0.3) is 5.65 Å². The first-order chi connectivity index (χ1) is 7.43. The molecule has 0 aromatic carbocycles. The van der Waals surface area contributed by atoms with Crippen LogP contribution in [-0.4, -0.2) is 9.38 Å². The zero-order valence-corrected chi connectivity index (χ0v) is 10.1. The molecule has 0 radical (unpaired) electrons. The van der Waals surface area contributed by atoms with E-state index in [0.29, 0.717) is 5.69 Å². The van der Waals surface area contributed by atoms with Gasteiger partial charge >= 0.3 is 0 Å². The van der Waals surface area contributed by atoms with E-state index in [1.807, 2.05) is 29.7 Å². The van der Waals surface area contributed by atoms with Crippen molar-refractivity contribution < 1.29 is 0 Å². The van der Waals surface area contributed by atoms with Gasteiger partial charge in [0.25, 0.3) is 0 Å². The standard InChI is InChI=1S/C13H15N3/c1-9-5-6-16-10(8-14)12(13(2,3)4)15-11(16)7-9/h5-7H,1-4H3. The molecular weight excluding hydrogens is 198 g/mol. The highest BCUT2D eigenvalue weighted by molar-refractivity contribution is 5.50. The largest absolute Gasteiger partial charge is 0.291 e. The summed E-state index contributed by atoms with van der Waals surface area (Å²) in [6, 6.07) is 6.23. The highest BCUT2D eigenvalue weighted by atomic mass is 15.0. The van der Waals surface area contributed by atoms with Gasteiger partial charge in [-0.15, -0.1) is 0 Å². The van der Waals surface area contributed by atoms with Gasteiger partial charge in [0.1, 0.15) is 17.4 Å². The molecular formula is C13H15N3. The molecule has 0 aliphatic carbocycles. The molecule has 0 aliphatic rings. The minimum Gasteiger partial charge on any atom is -0.291 e. The van der Waals surface area contributed by atoms with Crippen LogP contribution >= 0.6 is 0 Å². The van der Waals surface area contributed by atoms with Gasteiger partial charge in [-0.2, -0.15) is 5.26 Å². The smallest absolute Gasteiger partial charge is 0.148 e. The Bertz CT molecular complexity index is 579. The van der Waals surface area contributed by atoms with E-state index in [9.17, 15) is 5.26 Å². The number of nitriles is 1. The van der Waals surface area contributed by atoms with Crippen LogP contribution in [0.15, 0.2) is 18.3 Å². The van der Waals surface area contributed by atoms with Crippen LogP contribution in [0, 0.1) is 18.3 Å². The molecule has 0 N–H and O–H groups in total. The average Bonchev–Trinajstić information content (AvgIpc) is 2.54. The molecule has 0 fully saturated rings. The van der Waals surface area contributed by atoms with Crippen LogP contribution in [-0.2, 0) is 5.41 Å². The van der Waals surface area contributed by atoms with Crippen molar-refractivity contribution in [1.29, 1.82) is 5.26 Å². The first-order valence-electron chi connectivity index (χ1n) is 5.33. The summed E-state index contributed by atoms with van der Waals surface area (Å²) in [5.74, 6) is 0. The molecule has 0 atom stereocenters. The number of imidazole rings is 1. The van der Waals surface area contributed by atoms with Crippen molar-refractivity contribution in [3.8, 4) is 6.07 Å². The second-order valence-electron chi connectivity index (χ2n) is 5.10. The number of pyridine rings is 1. The SMILES string of the molecule is Cc1ccn2c(C#N)c(C(C)(C)C)nc2c1. The number of aryl methyl sites for hydroxylation is 1. The Morgan fingerprint density at radius 2 is 2.06 bits per heavy atom. The Kier molecular flexibility index (Phi) is 2.23. The molecule has 2 aromatic heterocycles. The number of aromatic nitrogens is 2. The third-order valence-corrected chi connectivity index (χ3v) is 2.60. The summed E-state index contributed by atoms with van der Waals surface area (Å²) in [7, 11) is 0. The van der Waals surface area contributed by atoms with Crippen molar-refractivity contribution in [3.05, 3.63) is 35.3 Å². The quantitative estimate of drug-likeness (QED) is 0.675. The van der Waals surface area contributed by atoms with Crippen molar-refractivity contribution in [2.24, 2.45) is 0 Å². The van der Waals surface area contributed by atoms with Gasteiger partial charge in [-0.05, 0) is 24.6 Å². The summed E-state index contributed by atoms with van der Waals surface area (Å²) in [4.78, 5) is 4.56. The molecule has 82 valence electrons. The average molecular weight is 213 g/mol. The lowest BCUT2D eigenvalue weighted by Crippen LogP contribution is -2.13. The molecule has 0 unspecified atom stereocenters. The first kappa shape index (κ1) is 10.7. The number of fused-ring (bicyclic) bond motifs is 1. The maximum atomic E-state index is 9.23. The van der Waals surface area contributed by atoms with Crippen molar-refractivity contribution >= 4 is 5.65 Å². The van der Waals surface area contributed by atoms with E-state index in [2.05, 4.69) is 31.8 Å². The molecule has 0 bridgehead atoms. The Labute approximate surface area is 95.4 Å². The lowest BCUT2D eigenvalue weighted by molar-refractivity contribution is 0.571. The second-order valence-corrected chi connectivity index (χ2v) is 5.10. The minimum atomic E-state index is -0.106. The van der Waals surface area contributed by atoms with Gasteiger partial charge in [-0.1, -0.05) is 20.8 Å². The minimum absolute atomic E-state index is 0.106. The van der Waals surface area contributed by atoms with Gasteiger partial charge in [0.2, 0.25) is 0 Å². The normalized spacial score (nSPS) is 11.7. The van der Waals surface area contributed by atoms with Crippen LogP contribution in [0.5, 0.6) is 0 Å². The topological polar surface area (TPSA) is 41.1 Å². The van der Waals surface area contributed by atoms with Crippen molar-refractivity contribution in [1.82, 2.24) is 9.38 Å². The van der Waals surface area contributed by atoms with Crippen molar-refractivity contribution in [3.63, 3.8) is 0 Å². The second kappa shape index (κ2) is 3.34. The van der Waals surface area contributed by atoms with Crippen molar-refractivity contribution in [2.75, 3.05) is 0 Å². The van der Waals surface area contributed by atoms with E-state index in [4.69, 9.17) is 0 Å². The van der Waals surface area contributed by atoms with E-state index >= 15 is 0 Å². The Hall–Kier alpha value is -1.82. The number of nitrogens with zero attached hydrogens (tertiary/aromatic N) is 3. The Morgan fingerprint density at radius 3 is 2.62 bits per heavy atom. The molecule has 3 nitrogen and oxygen atoms in total. The highest BCUT2D eigenvalue weighted by Crippen LogP contribution is 2.25. The number of rotatable bonds is 0. The number of hydrogen-bond acceptors (Lipinski definition) is 2. The summed E-state index contributed by atoms with van der Waals surface area (Å²) >= 11 is 0. The van der Waals surface area contributed by atoms with Crippen LogP contribution in [0.2, 0.25) is 0 Å². The van der Waals surface area contributed by atoms with E-state index in [1.54, 1.807) is 0 Å². The maximum absolute atomic E-state index is 9.23. The number of hydrogen-bond donors (Lipinski definition) is 0. The third-order valence-electron chi connectivity index (χ3n) is 2.60. The van der Waals surface area contributed by atoms with Crippen molar-refractivity contribution in [2.45, 2.75) is 33.1 Å². The predicted octanol–water partition coefficient (Wildman–Crippen LogP) is 2.81. The van der Waals surface area contributed by atoms with Gasteiger partial charge < -0.3 is 0 Å². The summed E-state index contributed by atoms with van der Waals surface area (Å²) < 4.78 is 1.85. The molecule has 0 amide bonds. The van der Waals surface area contributed by atoms with Crippen LogP contribution in [0.1, 0.15) is 37.7 Å². The summed E-state index contributed by atoms with van der Waals surface area (Å²) in [5, 5.41) is 9.23. The van der Waals surface area contributed by atoms with E-state index < -0.39 is 0 Å². The van der Waals surface area contributed by atoms with Crippen LogP contribution in [0.4, 0.5) is 0 Å². The molecule has 2 heterocycles. The third kappa shape index (κ3) is 1.57. The predicted molar refractivity (Wildman–Crippen MR) is 63.3 cm³/mol. The molecule has 0 spiro atoms. The summed E-state index contributed by atoms with van der Waals surface area (Å²) in [6.45, 7) is 8.24. The van der Waals surface area contributed by atoms with E-state index in [-0.39, 0.29) is 5.41 Å². The molecule has 0 saturated carbocycles. The zero-order valence-electron chi connectivity index (χ0n) is 10.1. The van der Waals surface area contributed by atoms with Gasteiger partial charge in [0.05, 0.1) is 5.69 Å². The molecule has 0 aliphatic heterocycles. The molecule has 3 heteroatoms. The monoisotopic (exact) mass is 213 g/mol. The Balaban J connectivity index is 2.83. The fourth-order valence-corrected chi connectivity index (χ4v) is 1.78. The fraction of sp³-hybridized carbons (Fsp3) is 0.385. The summed E-state index contributed by atoms with van der Waals surface area (Å²) in [5.41, 5.74) is 3.40. The van der Waals surface area contributed by atoms with E-state index in [1.165, 1.54) is 0 Å². The first-order valence-corrected chi connectivity index (χ1v) is 5.33. The Morgan fingerprint density at radius 1 is 1.38 bits per heavy atom. The zero-order chi connectivity index (χ0) is 11.9. The lowest BCUT2D eigenvalue weighted by atomic mass is 9.91. The summed E-state index contributed by atoms with van der Waals surface area (Å²) in [6.07, 6.45) is 1.91. The molecule has 2 rings (SSSR count). The van der Waals surface area contributed by atoms with Gasteiger partial charge in [0.15, 0.2) is 0 Å². The fourth-order valence-electron chi connectivity index (χ4n) is 1.78. The van der Waals surface area contributed by atoms with Crippen LogP contribution in [0.3, 0.4) is 0 Å². The highest BCUT2D eigenvalue weighted by Gasteiger charge is 2.23. The van der Waals surface area contributed by atoms with Crippen LogP contribution < -0.4 is 0 Å². The molecule has 0 saturated heterocycles. The molecule has 16 heavy (non-hydrogen) atoms. The van der Waals surface area contributed by atoms with Gasteiger partial charge in [0, 0.05) is 11.6 Å². The maximum Gasteiger partial charge on any atom is 0.148 e.